The molecular weight excluding hydrogens is 517 g/mol. The van der Waals surface area contributed by atoms with Gasteiger partial charge in [-0.2, -0.15) is 0 Å². The zero-order valence-electron chi connectivity index (χ0n) is 20.0. The van der Waals surface area contributed by atoms with Crippen molar-refractivity contribution in [2.24, 2.45) is 10.9 Å². The lowest BCUT2D eigenvalue weighted by atomic mass is 10.2. The van der Waals surface area contributed by atoms with Crippen molar-refractivity contribution in [3.63, 3.8) is 0 Å². The Morgan fingerprint density at radius 2 is 1.75 bits per heavy atom. The summed E-state index contributed by atoms with van der Waals surface area (Å²) in [5, 5.41) is 3.49. The van der Waals surface area contributed by atoms with E-state index in [1.165, 1.54) is 5.56 Å². The molecule has 1 N–H and O–H groups in total. The smallest absolute Gasteiger partial charge is 0.239 e. The molecule has 1 unspecified atom stereocenters. The molecule has 0 bridgehead atoms. The maximum atomic E-state index is 12.7. The maximum Gasteiger partial charge on any atom is 0.239 e. The SMILES string of the molecule is CN=C(NCc1cccc(OCC(C)C)c1)N1CCN(C(C)C(=O)N2CCCC2)CC1.I. The predicted octanol–water partition coefficient (Wildman–Crippen LogP) is 3.04. The van der Waals surface area contributed by atoms with Crippen molar-refractivity contribution in [2.75, 3.05) is 52.9 Å². The van der Waals surface area contributed by atoms with Crippen LogP contribution in [0.2, 0.25) is 0 Å². The molecule has 7 nitrogen and oxygen atoms in total. The van der Waals surface area contributed by atoms with Crippen LogP contribution in [0.25, 0.3) is 0 Å². The number of carbonyl (C=O) groups is 1. The summed E-state index contributed by atoms with van der Waals surface area (Å²) < 4.78 is 5.84. The summed E-state index contributed by atoms with van der Waals surface area (Å²) in [5.74, 6) is 2.61. The minimum atomic E-state index is -0.0381. The monoisotopic (exact) mass is 557 g/mol. The van der Waals surface area contributed by atoms with E-state index in [2.05, 4.69) is 53.0 Å². The van der Waals surface area contributed by atoms with Crippen molar-refractivity contribution >= 4 is 35.8 Å². The van der Waals surface area contributed by atoms with E-state index in [4.69, 9.17) is 4.74 Å². The number of benzene rings is 1. The molecule has 3 rings (SSSR count). The predicted molar refractivity (Wildman–Crippen MR) is 141 cm³/mol. The third kappa shape index (κ3) is 7.50. The van der Waals surface area contributed by atoms with Crippen LogP contribution >= 0.6 is 24.0 Å². The molecule has 0 saturated carbocycles. The first-order chi connectivity index (χ1) is 15.0. The molecule has 0 aliphatic carbocycles. The Morgan fingerprint density at radius 3 is 2.38 bits per heavy atom. The second kappa shape index (κ2) is 13.2. The Labute approximate surface area is 210 Å². The van der Waals surface area contributed by atoms with Crippen LogP contribution in [0.15, 0.2) is 29.3 Å². The second-order valence-corrected chi connectivity index (χ2v) is 8.98. The number of amides is 1. The van der Waals surface area contributed by atoms with E-state index < -0.39 is 0 Å². The van der Waals surface area contributed by atoms with Crippen LogP contribution in [0, 0.1) is 5.92 Å². The van der Waals surface area contributed by atoms with E-state index in [1.54, 1.807) is 0 Å². The van der Waals surface area contributed by atoms with Gasteiger partial charge in [0.2, 0.25) is 5.91 Å². The lowest BCUT2D eigenvalue weighted by Gasteiger charge is -2.39. The van der Waals surface area contributed by atoms with Gasteiger partial charge in [-0.3, -0.25) is 14.7 Å². The number of halogens is 1. The highest BCUT2D eigenvalue weighted by Gasteiger charge is 2.30. The van der Waals surface area contributed by atoms with Crippen LogP contribution in [0.5, 0.6) is 5.75 Å². The van der Waals surface area contributed by atoms with Gasteiger partial charge in [0.1, 0.15) is 5.75 Å². The molecule has 1 aromatic rings. The summed E-state index contributed by atoms with van der Waals surface area (Å²) in [4.78, 5) is 23.8. The van der Waals surface area contributed by atoms with E-state index in [0.29, 0.717) is 12.5 Å². The highest BCUT2D eigenvalue weighted by atomic mass is 127. The molecule has 2 heterocycles. The molecule has 1 amide bonds. The van der Waals surface area contributed by atoms with E-state index in [1.807, 2.05) is 24.1 Å². The van der Waals surface area contributed by atoms with E-state index in [9.17, 15) is 4.79 Å². The van der Waals surface area contributed by atoms with Gasteiger partial charge in [-0.25, -0.2) is 0 Å². The molecule has 2 aliphatic heterocycles. The number of aliphatic imine (C=N–C) groups is 1. The molecule has 8 heteroatoms. The van der Waals surface area contributed by atoms with Gasteiger partial charge >= 0.3 is 0 Å². The van der Waals surface area contributed by atoms with Gasteiger partial charge in [0.05, 0.1) is 12.6 Å². The summed E-state index contributed by atoms with van der Waals surface area (Å²) in [5.41, 5.74) is 1.17. The van der Waals surface area contributed by atoms with Gasteiger partial charge in [-0.15, -0.1) is 24.0 Å². The normalized spacial score (nSPS) is 18.5. The number of hydrogen-bond acceptors (Lipinski definition) is 4. The van der Waals surface area contributed by atoms with Crippen molar-refractivity contribution in [3.8, 4) is 5.75 Å². The molecule has 32 heavy (non-hydrogen) atoms. The molecule has 2 saturated heterocycles. The van der Waals surface area contributed by atoms with Gasteiger partial charge in [-0.05, 0) is 43.4 Å². The Bertz CT molecular complexity index is 744. The van der Waals surface area contributed by atoms with Crippen molar-refractivity contribution < 1.29 is 9.53 Å². The lowest BCUT2D eigenvalue weighted by molar-refractivity contribution is -0.135. The van der Waals surface area contributed by atoms with Crippen molar-refractivity contribution in [1.29, 1.82) is 0 Å². The van der Waals surface area contributed by atoms with Crippen LogP contribution < -0.4 is 10.1 Å². The Hall–Kier alpha value is -1.55. The average Bonchev–Trinajstić information content (AvgIpc) is 3.33. The first-order valence-corrected chi connectivity index (χ1v) is 11.7. The summed E-state index contributed by atoms with van der Waals surface area (Å²) >= 11 is 0. The van der Waals surface area contributed by atoms with Crippen molar-refractivity contribution in [3.05, 3.63) is 29.8 Å². The zero-order valence-corrected chi connectivity index (χ0v) is 22.4. The fourth-order valence-electron chi connectivity index (χ4n) is 4.20. The largest absolute Gasteiger partial charge is 0.493 e. The molecule has 2 aliphatic rings. The fraction of sp³-hybridized carbons (Fsp3) is 0.667. The van der Waals surface area contributed by atoms with E-state index in [0.717, 1.165) is 70.4 Å². The Morgan fingerprint density at radius 1 is 1.06 bits per heavy atom. The van der Waals surface area contributed by atoms with Crippen LogP contribution in [-0.4, -0.2) is 85.5 Å². The second-order valence-electron chi connectivity index (χ2n) is 8.98. The molecule has 0 spiro atoms. The number of hydrogen-bond donors (Lipinski definition) is 1. The average molecular weight is 558 g/mol. The Balaban J connectivity index is 0.00000363. The molecular formula is C24H40IN5O2. The molecule has 1 atom stereocenters. The summed E-state index contributed by atoms with van der Waals surface area (Å²) in [6.45, 7) is 13.1. The summed E-state index contributed by atoms with van der Waals surface area (Å²) in [6.07, 6.45) is 2.28. The maximum absolute atomic E-state index is 12.7. The number of carbonyl (C=O) groups excluding carboxylic acids is 1. The summed E-state index contributed by atoms with van der Waals surface area (Å²) in [6, 6.07) is 8.19. The highest BCUT2D eigenvalue weighted by molar-refractivity contribution is 14.0. The topological polar surface area (TPSA) is 60.4 Å². The van der Waals surface area contributed by atoms with Gasteiger partial charge in [-0.1, -0.05) is 26.0 Å². The number of rotatable bonds is 7. The van der Waals surface area contributed by atoms with Crippen LogP contribution in [0.1, 0.15) is 39.2 Å². The molecule has 180 valence electrons. The number of ether oxygens (including phenoxy) is 1. The number of likely N-dealkylation sites (tertiary alicyclic amines) is 1. The highest BCUT2D eigenvalue weighted by Crippen LogP contribution is 2.16. The zero-order chi connectivity index (χ0) is 22.2. The standard InChI is InChI=1S/C24H39N5O2.HI/c1-19(2)18-31-22-9-7-8-21(16-22)17-26-24(25-4)29-14-12-27(13-15-29)20(3)23(30)28-10-5-6-11-28;/h7-9,16,19-20H,5-6,10-15,17-18H2,1-4H3,(H,25,26);1H. The molecule has 2 fully saturated rings. The number of piperazine rings is 1. The lowest BCUT2D eigenvalue weighted by Crippen LogP contribution is -2.57. The fourth-order valence-corrected chi connectivity index (χ4v) is 4.20. The van der Waals surface area contributed by atoms with Crippen LogP contribution in [-0.2, 0) is 11.3 Å². The minimum absolute atomic E-state index is 0. The van der Waals surface area contributed by atoms with Gasteiger partial charge in [0.25, 0.3) is 0 Å². The molecule has 0 aromatic heterocycles. The summed E-state index contributed by atoms with van der Waals surface area (Å²) in [7, 11) is 1.83. The van der Waals surface area contributed by atoms with Gasteiger partial charge < -0.3 is 19.9 Å². The Kier molecular flexibility index (Phi) is 11.0. The quantitative estimate of drug-likeness (QED) is 0.318. The van der Waals surface area contributed by atoms with Crippen LogP contribution in [0.4, 0.5) is 0 Å². The number of guanidine groups is 1. The van der Waals surface area contributed by atoms with E-state index in [-0.39, 0.29) is 35.9 Å². The molecule has 1 aromatic carbocycles. The first-order valence-electron chi connectivity index (χ1n) is 11.7. The third-order valence-electron chi connectivity index (χ3n) is 6.08. The van der Waals surface area contributed by atoms with Crippen LogP contribution in [0.3, 0.4) is 0 Å². The molecule has 0 radical (unpaired) electrons. The van der Waals surface area contributed by atoms with Gasteiger partial charge in [0, 0.05) is 52.9 Å². The van der Waals surface area contributed by atoms with E-state index >= 15 is 0 Å². The number of nitrogens with one attached hydrogen (secondary N) is 1. The van der Waals surface area contributed by atoms with Crippen molar-refractivity contribution in [2.45, 2.75) is 46.2 Å². The van der Waals surface area contributed by atoms with Crippen molar-refractivity contribution in [1.82, 2.24) is 20.0 Å². The van der Waals surface area contributed by atoms with Gasteiger partial charge in [0.15, 0.2) is 5.96 Å². The third-order valence-corrected chi connectivity index (χ3v) is 6.08. The minimum Gasteiger partial charge on any atom is -0.493 e. The first kappa shape index (κ1) is 26.7. The number of nitrogens with zero attached hydrogens (tertiary/aromatic N) is 4.